The second-order valence-electron chi connectivity index (χ2n) is 4.17. The Balaban J connectivity index is -0.0000000509. The Morgan fingerprint density at radius 2 is 0.818 bits per heavy atom. The minimum absolute atomic E-state index is 0. The molecule has 1 radical (unpaired) electrons. The number of hydrogen-bond donors (Lipinski definition) is 0. The van der Waals surface area contributed by atoms with E-state index < -0.39 is 0 Å². The quantitative estimate of drug-likeness (QED) is 0.416. The fourth-order valence-electron chi connectivity index (χ4n) is 1.33. The van der Waals surface area contributed by atoms with Gasteiger partial charge in [0.2, 0.25) is 0 Å². The van der Waals surface area contributed by atoms with Gasteiger partial charge in [0, 0.05) is 37.0 Å². The maximum atomic E-state index is 5.75. The van der Waals surface area contributed by atoms with Crippen molar-refractivity contribution in [2.75, 3.05) is 0 Å². The van der Waals surface area contributed by atoms with E-state index in [1.54, 1.807) is 0 Å². The van der Waals surface area contributed by atoms with Gasteiger partial charge in [-0.05, 0) is 49.9 Å². The van der Waals surface area contributed by atoms with Gasteiger partial charge in [-0.25, -0.2) is 0 Å². The topological polar surface area (TPSA) is 0 Å². The van der Waals surface area contributed by atoms with Crippen molar-refractivity contribution < 1.29 is 37.0 Å². The molecule has 0 aromatic heterocycles. The molecule has 127 valence electrons. The van der Waals surface area contributed by atoms with Crippen molar-refractivity contribution in [3.8, 4) is 0 Å². The first-order chi connectivity index (χ1) is 10.6. The SMILES string of the molecule is CC.Cc1ccccc1C.Cc1ccccc1C.[2H]C.[2H][2H].[CH3-].[CH3-].[Y]. The molecule has 0 aliphatic rings. The van der Waals surface area contributed by atoms with Crippen LogP contribution in [0.3, 0.4) is 0 Å². The average molecular weight is 382 g/mol. The summed E-state index contributed by atoms with van der Waals surface area (Å²) in [7, 11) is 1.25. The number of benzene rings is 2. The molecule has 2 aromatic carbocycles. The summed E-state index contributed by atoms with van der Waals surface area (Å²) in [6.07, 6.45) is 0. The van der Waals surface area contributed by atoms with Gasteiger partial charge in [-0.15, -0.1) is 0 Å². The molecule has 0 N–H and O–H groups in total. The molecule has 0 bridgehead atoms. The first kappa shape index (κ1) is 26.4. The second kappa shape index (κ2) is 20.5. The summed E-state index contributed by atoms with van der Waals surface area (Å²) in [4.78, 5) is 0. The summed E-state index contributed by atoms with van der Waals surface area (Å²) in [5, 5.41) is 0. The van der Waals surface area contributed by atoms with E-state index in [-0.39, 0.29) is 47.6 Å². The van der Waals surface area contributed by atoms with Crippen LogP contribution in [0.5, 0.6) is 0 Å². The summed E-state index contributed by atoms with van der Waals surface area (Å²) in [6, 6.07) is 16.7. The third-order valence-electron chi connectivity index (χ3n) is 2.85. The fourth-order valence-corrected chi connectivity index (χ4v) is 1.33. The minimum atomic E-state index is 0. The van der Waals surface area contributed by atoms with Crippen molar-refractivity contribution in [1.82, 2.24) is 0 Å². The summed E-state index contributed by atoms with van der Waals surface area (Å²) >= 11 is 0. The minimum Gasteiger partial charge on any atom is -0.358 e. The van der Waals surface area contributed by atoms with Crippen LogP contribution in [-0.2, 0) is 32.7 Å². The summed E-state index contributed by atoms with van der Waals surface area (Å²) in [5.74, 6) is 0. The molecular weight excluding hydrogens is 341 g/mol. The van der Waals surface area contributed by atoms with E-state index in [1.165, 1.54) is 29.7 Å². The molecule has 0 aliphatic carbocycles. The Hall–Kier alpha value is -0.456. The standard InChI is InChI=1S/2C8H10.C2H6.CH4.2CH3.Y.H2/c2*1-7-5-3-4-6-8(7)2;1-2;;;;;/h2*3-6H,1-2H3;1-2H3;1H4;2*1H3;;1H/q;;;;2*-1;;/i;;;1D;;;;1+1D. The number of rotatable bonds is 0. The molecule has 2 rings (SSSR count). The van der Waals surface area contributed by atoms with Crippen molar-refractivity contribution >= 4 is 0 Å². The molecule has 0 aliphatic heterocycles. The first-order valence-electron chi connectivity index (χ1n) is 8.65. The molecule has 0 fully saturated rings. The predicted octanol–water partition coefficient (Wildman–Crippen LogP) is 7.41. The molecule has 0 amide bonds. The van der Waals surface area contributed by atoms with Gasteiger partial charge in [0.1, 0.15) is 0 Å². The largest absolute Gasteiger partial charge is 0.358 e. The average Bonchev–Trinajstić information content (AvgIpc) is 2.59. The van der Waals surface area contributed by atoms with Crippen LogP contribution in [0, 0.1) is 42.5 Å². The van der Waals surface area contributed by atoms with Gasteiger partial charge in [-0.1, -0.05) is 69.8 Å². The smallest absolute Gasteiger partial charge is 0.0194 e. The van der Waals surface area contributed by atoms with Gasteiger partial charge in [-0.3, -0.25) is 0 Å². The van der Waals surface area contributed by atoms with E-state index in [4.69, 9.17) is 4.34 Å². The van der Waals surface area contributed by atoms with Gasteiger partial charge in [0.15, 0.2) is 0 Å². The van der Waals surface area contributed by atoms with Crippen LogP contribution in [0.1, 0.15) is 47.8 Å². The Labute approximate surface area is 171 Å². The molecular formula is C21H38Y-2. The van der Waals surface area contributed by atoms with Crippen LogP contribution in [0.2, 0.25) is 0 Å². The monoisotopic (exact) mass is 382 g/mol. The van der Waals surface area contributed by atoms with Crippen molar-refractivity contribution in [2.24, 2.45) is 0 Å². The predicted molar refractivity (Wildman–Crippen MR) is 105 cm³/mol. The molecule has 22 heavy (non-hydrogen) atoms. The summed E-state index contributed by atoms with van der Waals surface area (Å²) in [6.45, 7) is 12.5. The Morgan fingerprint density at radius 3 is 0.909 bits per heavy atom. The van der Waals surface area contributed by atoms with Gasteiger partial charge in [0.05, 0.1) is 0 Å². The zero-order chi connectivity index (χ0) is 18.0. The van der Waals surface area contributed by atoms with Gasteiger partial charge >= 0.3 is 0 Å². The van der Waals surface area contributed by atoms with Crippen molar-refractivity contribution in [2.45, 2.75) is 48.9 Å². The van der Waals surface area contributed by atoms with Gasteiger partial charge in [0.25, 0.3) is 0 Å². The van der Waals surface area contributed by atoms with Gasteiger partial charge < -0.3 is 14.9 Å². The Morgan fingerprint density at radius 1 is 0.682 bits per heavy atom. The van der Waals surface area contributed by atoms with E-state index in [0.29, 0.717) is 0 Å². The van der Waals surface area contributed by atoms with Crippen molar-refractivity contribution in [3.63, 3.8) is 0 Å². The van der Waals surface area contributed by atoms with E-state index in [9.17, 15) is 0 Å². The maximum absolute atomic E-state index is 5.75. The first-order valence-corrected chi connectivity index (χ1v) is 6.65. The van der Waals surface area contributed by atoms with Crippen LogP contribution >= 0.6 is 0 Å². The van der Waals surface area contributed by atoms with Crippen LogP contribution < -0.4 is 0 Å². The second-order valence-corrected chi connectivity index (χ2v) is 4.17. The Kier molecular flexibility index (Phi) is 24.7. The molecule has 0 atom stereocenters. The molecule has 0 saturated heterocycles. The normalized spacial score (nSPS) is 7.68. The molecule has 0 saturated carbocycles. The molecule has 2 aromatic rings. The van der Waals surface area contributed by atoms with Crippen LogP contribution in [0.15, 0.2) is 48.5 Å². The van der Waals surface area contributed by atoms with Crippen LogP contribution in [-0.4, -0.2) is 0 Å². The number of aryl methyl sites for hydroxylation is 4. The zero-order valence-corrected chi connectivity index (χ0v) is 19.0. The maximum Gasteiger partial charge on any atom is 0.0194 e. The molecule has 0 unspecified atom stereocenters. The molecule has 0 nitrogen and oxygen atoms in total. The van der Waals surface area contributed by atoms with Crippen molar-refractivity contribution in [3.05, 3.63) is 85.6 Å². The zero-order valence-electron chi connectivity index (χ0n) is 19.2. The van der Waals surface area contributed by atoms with E-state index in [0.717, 1.165) is 0 Å². The van der Waals surface area contributed by atoms with E-state index in [1.807, 2.05) is 13.8 Å². The molecule has 0 spiro atoms. The van der Waals surface area contributed by atoms with Crippen LogP contribution in [0.25, 0.3) is 0 Å². The molecule has 0 heterocycles. The molecule has 1 heteroatoms. The third-order valence-corrected chi connectivity index (χ3v) is 2.85. The van der Waals surface area contributed by atoms with Crippen molar-refractivity contribution in [1.29, 1.82) is 0 Å². The van der Waals surface area contributed by atoms with Gasteiger partial charge in [-0.2, -0.15) is 0 Å². The summed E-state index contributed by atoms with van der Waals surface area (Å²) in [5.41, 5.74) is 5.47. The number of hydrogen-bond acceptors (Lipinski definition) is 0. The Bertz CT molecular complexity index is 375. The van der Waals surface area contributed by atoms with E-state index in [2.05, 4.69) is 76.2 Å². The van der Waals surface area contributed by atoms with E-state index >= 15 is 0 Å². The summed E-state index contributed by atoms with van der Waals surface area (Å²) < 4.78 is 15.8. The third kappa shape index (κ3) is 14.5. The fraction of sp³-hybridized carbons (Fsp3) is 0.333. The van der Waals surface area contributed by atoms with Crippen LogP contribution in [0.4, 0.5) is 0 Å².